The third-order valence-electron chi connectivity index (χ3n) is 3.13. The van der Waals surface area contributed by atoms with Crippen molar-refractivity contribution in [2.45, 2.75) is 33.7 Å². The molecule has 1 aromatic carbocycles. The minimum atomic E-state index is -0.854. The van der Waals surface area contributed by atoms with Gasteiger partial charge < -0.3 is 9.67 Å². The molecule has 3 heteroatoms. The van der Waals surface area contributed by atoms with E-state index in [1.54, 1.807) is 0 Å². The van der Waals surface area contributed by atoms with Crippen LogP contribution in [-0.2, 0) is 0 Å². The average Bonchev–Trinajstić information content (AvgIpc) is 2.53. The van der Waals surface area contributed by atoms with Crippen LogP contribution in [0.2, 0.25) is 0 Å². The van der Waals surface area contributed by atoms with Crippen molar-refractivity contribution in [1.29, 1.82) is 0 Å². The molecule has 17 heavy (non-hydrogen) atoms. The fourth-order valence-corrected chi connectivity index (χ4v) is 2.49. The fraction of sp³-hybridized carbons (Fsp3) is 0.357. The molecule has 0 bridgehead atoms. The Morgan fingerprint density at radius 1 is 1.29 bits per heavy atom. The molecular weight excluding hydrogens is 214 g/mol. The van der Waals surface area contributed by atoms with E-state index in [9.17, 15) is 9.90 Å². The second kappa shape index (κ2) is 3.91. The molecule has 0 fully saturated rings. The lowest BCUT2D eigenvalue weighted by Crippen LogP contribution is -2.08. The lowest BCUT2D eigenvalue weighted by molar-refractivity contribution is 0.0698. The molecular formula is C14H17NO2. The van der Waals surface area contributed by atoms with Crippen LogP contribution in [0.5, 0.6) is 0 Å². The fourth-order valence-electron chi connectivity index (χ4n) is 2.49. The summed E-state index contributed by atoms with van der Waals surface area (Å²) >= 11 is 0. The van der Waals surface area contributed by atoms with Crippen LogP contribution in [0.15, 0.2) is 18.2 Å². The van der Waals surface area contributed by atoms with Crippen molar-refractivity contribution < 1.29 is 9.90 Å². The van der Waals surface area contributed by atoms with E-state index in [0.717, 1.165) is 22.2 Å². The highest BCUT2D eigenvalue weighted by atomic mass is 16.4. The Hall–Kier alpha value is -1.77. The van der Waals surface area contributed by atoms with Crippen molar-refractivity contribution in [3.05, 3.63) is 35.0 Å². The minimum absolute atomic E-state index is 0.257. The van der Waals surface area contributed by atoms with Gasteiger partial charge in [0.2, 0.25) is 0 Å². The molecule has 0 amide bonds. The number of rotatable bonds is 2. The molecule has 0 aliphatic rings. The number of aromatic carboxylic acids is 1. The molecule has 0 saturated carbocycles. The summed E-state index contributed by atoms with van der Waals surface area (Å²) in [6.45, 7) is 8.00. The highest BCUT2D eigenvalue weighted by Crippen LogP contribution is 2.28. The number of nitrogens with zero attached hydrogens (tertiary/aromatic N) is 1. The standard InChI is InChI=1S/C14H17NO2/c1-8(2)15-10(4)7-11-6-5-9(3)12(13(11)15)14(16)17/h5-8H,1-4H3,(H,16,17). The van der Waals surface area contributed by atoms with Crippen LogP contribution < -0.4 is 0 Å². The first-order valence-corrected chi connectivity index (χ1v) is 5.78. The topological polar surface area (TPSA) is 42.2 Å². The second-order valence-electron chi connectivity index (χ2n) is 4.75. The van der Waals surface area contributed by atoms with Gasteiger partial charge in [-0.15, -0.1) is 0 Å². The largest absolute Gasteiger partial charge is 0.478 e. The molecule has 0 spiro atoms. The van der Waals surface area contributed by atoms with Crippen LogP contribution in [0.3, 0.4) is 0 Å². The summed E-state index contributed by atoms with van der Waals surface area (Å²) in [5.41, 5.74) is 3.17. The smallest absolute Gasteiger partial charge is 0.338 e. The molecule has 0 saturated heterocycles. The Kier molecular flexibility index (Phi) is 2.69. The Balaban J connectivity index is 2.95. The number of hydrogen-bond acceptors (Lipinski definition) is 1. The van der Waals surface area contributed by atoms with Crippen molar-refractivity contribution in [3.63, 3.8) is 0 Å². The van der Waals surface area contributed by atoms with Crippen LogP contribution in [0.4, 0.5) is 0 Å². The van der Waals surface area contributed by atoms with Gasteiger partial charge in [-0.2, -0.15) is 0 Å². The number of fused-ring (bicyclic) bond motifs is 1. The van der Waals surface area contributed by atoms with Crippen LogP contribution in [0, 0.1) is 13.8 Å². The quantitative estimate of drug-likeness (QED) is 0.859. The van der Waals surface area contributed by atoms with Gasteiger partial charge in [-0.25, -0.2) is 4.79 Å². The number of carbonyl (C=O) groups is 1. The molecule has 2 rings (SSSR count). The predicted octanol–water partition coefficient (Wildman–Crippen LogP) is 3.54. The number of benzene rings is 1. The van der Waals surface area contributed by atoms with Gasteiger partial charge in [0, 0.05) is 17.1 Å². The Morgan fingerprint density at radius 3 is 2.47 bits per heavy atom. The SMILES string of the molecule is Cc1ccc2cc(C)n(C(C)C)c2c1C(=O)O. The van der Waals surface area contributed by atoms with Crippen molar-refractivity contribution in [1.82, 2.24) is 4.57 Å². The third-order valence-corrected chi connectivity index (χ3v) is 3.13. The highest BCUT2D eigenvalue weighted by Gasteiger charge is 2.18. The van der Waals surface area contributed by atoms with Gasteiger partial charge in [-0.1, -0.05) is 12.1 Å². The first-order chi connectivity index (χ1) is 7.93. The number of carboxylic acid groups (broad SMARTS) is 1. The van der Waals surface area contributed by atoms with Crippen LogP contribution in [-0.4, -0.2) is 15.6 Å². The zero-order chi connectivity index (χ0) is 12.7. The van der Waals surface area contributed by atoms with E-state index in [1.165, 1.54) is 0 Å². The molecule has 0 radical (unpaired) electrons. The summed E-state index contributed by atoms with van der Waals surface area (Å²) in [7, 11) is 0. The summed E-state index contributed by atoms with van der Waals surface area (Å²) in [5, 5.41) is 10.4. The maximum absolute atomic E-state index is 11.4. The Labute approximate surface area is 101 Å². The highest BCUT2D eigenvalue weighted by molar-refractivity contribution is 6.04. The van der Waals surface area contributed by atoms with Gasteiger partial charge in [0.25, 0.3) is 0 Å². The van der Waals surface area contributed by atoms with E-state index in [-0.39, 0.29) is 6.04 Å². The normalized spacial score (nSPS) is 11.4. The summed E-state index contributed by atoms with van der Waals surface area (Å²) in [6.07, 6.45) is 0. The lowest BCUT2D eigenvalue weighted by Gasteiger charge is -2.14. The summed E-state index contributed by atoms with van der Waals surface area (Å²) < 4.78 is 2.09. The minimum Gasteiger partial charge on any atom is -0.478 e. The first kappa shape index (κ1) is 11.7. The van der Waals surface area contributed by atoms with Crippen molar-refractivity contribution in [2.24, 2.45) is 0 Å². The Morgan fingerprint density at radius 2 is 1.94 bits per heavy atom. The van der Waals surface area contributed by atoms with E-state index in [0.29, 0.717) is 5.56 Å². The Bertz CT molecular complexity index is 594. The van der Waals surface area contributed by atoms with Crippen molar-refractivity contribution >= 4 is 16.9 Å². The molecule has 0 atom stereocenters. The first-order valence-electron chi connectivity index (χ1n) is 5.78. The molecule has 1 aromatic heterocycles. The predicted molar refractivity (Wildman–Crippen MR) is 68.8 cm³/mol. The summed E-state index contributed by atoms with van der Waals surface area (Å²) in [6, 6.07) is 6.16. The van der Waals surface area contributed by atoms with Gasteiger partial charge in [0.05, 0.1) is 11.1 Å². The molecule has 90 valence electrons. The average molecular weight is 231 g/mol. The maximum Gasteiger partial charge on any atom is 0.338 e. The summed E-state index contributed by atoms with van der Waals surface area (Å²) in [4.78, 5) is 11.4. The zero-order valence-electron chi connectivity index (χ0n) is 10.6. The number of carboxylic acids is 1. The third kappa shape index (κ3) is 1.71. The molecule has 0 aliphatic heterocycles. The van der Waals surface area contributed by atoms with Gasteiger partial charge in [0.15, 0.2) is 0 Å². The van der Waals surface area contributed by atoms with Gasteiger partial charge in [-0.05, 0) is 39.3 Å². The van der Waals surface area contributed by atoms with E-state index in [4.69, 9.17) is 0 Å². The zero-order valence-corrected chi connectivity index (χ0v) is 10.6. The molecule has 2 aromatic rings. The summed E-state index contributed by atoms with van der Waals surface area (Å²) in [5.74, 6) is -0.854. The molecule has 1 N–H and O–H groups in total. The van der Waals surface area contributed by atoms with Crippen LogP contribution in [0.25, 0.3) is 10.9 Å². The van der Waals surface area contributed by atoms with Crippen LogP contribution >= 0.6 is 0 Å². The molecule has 3 nitrogen and oxygen atoms in total. The van der Waals surface area contributed by atoms with E-state index >= 15 is 0 Å². The maximum atomic E-state index is 11.4. The number of aryl methyl sites for hydroxylation is 2. The monoisotopic (exact) mass is 231 g/mol. The number of aromatic nitrogens is 1. The van der Waals surface area contributed by atoms with Crippen LogP contribution in [0.1, 0.15) is 41.5 Å². The van der Waals surface area contributed by atoms with Gasteiger partial charge >= 0.3 is 5.97 Å². The van der Waals surface area contributed by atoms with Gasteiger partial charge in [0.1, 0.15) is 0 Å². The molecule has 1 heterocycles. The molecule has 0 unspecified atom stereocenters. The number of hydrogen-bond donors (Lipinski definition) is 1. The van der Waals surface area contributed by atoms with Crippen molar-refractivity contribution in [2.75, 3.05) is 0 Å². The van der Waals surface area contributed by atoms with E-state index < -0.39 is 5.97 Å². The van der Waals surface area contributed by atoms with Crippen molar-refractivity contribution in [3.8, 4) is 0 Å². The second-order valence-corrected chi connectivity index (χ2v) is 4.75. The van der Waals surface area contributed by atoms with Gasteiger partial charge in [-0.3, -0.25) is 0 Å². The van der Waals surface area contributed by atoms with E-state index in [1.807, 2.05) is 32.0 Å². The van der Waals surface area contributed by atoms with E-state index in [2.05, 4.69) is 18.4 Å². The molecule has 0 aliphatic carbocycles. The lowest BCUT2D eigenvalue weighted by atomic mass is 10.1.